The summed E-state index contributed by atoms with van der Waals surface area (Å²) < 4.78 is 66.7. The molecule has 0 fully saturated rings. The first-order chi connectivity index (χ1) is 12.1. The van der Waals surface area contributed by atoms with E-state index in [1.165, 1.54) is 19.9 Å². The number of hydrogen-bond acceptors (Lipinski definition) is 2. The SMILES string of the molecule is CC(=NC(C)Nc1c(F)cccc1C(F)(F)F)Nc1c(C)cccc1F. The molecular formula is C18H18F5N3. The second-order valence-electron chi connectivity index (χ2n) is 5.75. The highest BCUT2D eigenvalue weighted by atomic mass is 19.4. The van der Waals surface area contributed by atoms with E-state index in [9.17, 15) is 22.0 Å². The Balaban J connectivity index is 2.21. The third kappa shape index (κ3) is 4.71. The van der Waals surface area contributed by atoms with Gasteiger partial charge in [0.1, 0.15) is 23.6 Å². The second kappa shape index (κ2) is 7.72. The smallest absolute Gasteiger partial charge is 0.361 e. The molecule has 3 nitrogen and oxygen atoms in total. The summed E-state index contributed by atoms with van der Waals surface area (Å²) >= 11 is 0. The monoisotopic (exact) mass is 371 g/mol. The third-order valence-corrected chi connectivity index (χ3v) is 3.59. The molecule has 26 heavy (non-hydrogen) atoms. The maximum absolute atomic E-state index is 13.9. The fourth-order valence-electron chi connectivity index (χ4n) is 2.44. The van der Waals surface area contributed by atoms with E-state index in [1.807, 2.05) is 0 Å². The predicted molar refractivity (Wildman–Crippen MR) is 92.4 cm³/mol. The molecule has 2 aromatic rings. The number of nitrogens with one attached hydrogen (secondary N) is 2. The number of aliphatic imine (C=N–C) groups is 1. The van der Waals surface area contributed by atoms with Gasteiger partial charge in [-0.15, -0.1) is 0 Å². The van der Waals surface area contributed by atoms with Crippen molar-refractivity contribution in [2.45, 2.75) is 33.1 Å². The zero-order valence-corrected chi connectivity index (χ0v) is 14.4. The predicted octanol–water partition coefficient (Wildman–Crippen LogP) is 5.58. The largest absolute Gasteiger partial charge is 0.418 e. The van der Waals surface area contributed by atoms with Crippen LogP contribution in [0.3, 0.4) is 0 Å². The van der Waals surface area contributed by atoms with Crippen molar-refractivity contribution >= 4 is 17.2 Å². The molecular weight excluding hydrogens is 353 g/mol. The van der Waals surface area contributed by atoms with Crippen molar-refractivity contribution in [1.82, 2.24) is 0 Å². The van der Waals surface area contributed by atoms with E-state index in [-0.39, 0.29) is 11.5 Å². The maximum Gasteiger partial charge on any atom is 0.418 e. The Morgan fingerprint density at radius 2 is 1.58 bits per heavy atom. The van der Waals surface area contributed by atoms with Crippen molar-refractivity contribution in [1.29, 1.82) is 0 Å². The Hall–Kier alpha value is -2.64. The first kappa shape index (κ1) is 19.7. The minimum atomic E-state index is -4.70. The Kier molecular flexibility index (Phi) is 5.84. The zero-order chi connectivity index (χ0) is 19.5. The number of hydrogen-bond donors (Lipinski definition) is 2. The van der Waals surface area contributed by atoms with E-state index in [1.54, 1.807) is 19.1 Å². The number of halogens is 5. The van der Waals surface area contributed by atoms with Gasteiger partial charge in [0.25, 0.3) is 0 Å². The van der Waals surface area contributed by atoms with Crippen LogP contribution in [0.25, 0.3) is 0 Å². The van der Waals surface area contributed by atoms with E-state index in [0.29, 0.717) is 5.56 Å². The van der Waals surface area contributed by atoms with Gasteiger partial charge >= 0.3 is 6.18 Å². The molecule has 0 radical (unpaired) electrons. The molecule has 2 N–H and O–H groups in total. The minimum absolute atomic E-state index is 0.225. The van der Waals surface area contributed by atoms with Gasteiger partial charge in [0, 0.05) is 0 Å². The average molecular weight is 371 g/mol. The molecule has 1 unspecified atom stereocenters. The van der Waals surface area contributed by atoms with Gasteiger partial charge in [-0.3, -0.25) is 0 Å². The fraction of sp³-hybridized carbons (Fsp3) is 0.278. The molecule has 0 bridgehead atoms. The lowest BCUT2D eigenvalue weighted by Gasteiger charge is -2.18. The van der Waals surface area contributed by atoms with Crippen LogP contribution in [0.15, 0.2) is 41.4 Å². The van der Waals surface area contributed by atoms with E-state index in [0.717, 1.165) is 18.2 Å². The number of nitrogens with zero attached hydrogens (tertiary/aromatic N) is 1. The van der Waals surface area contributed by atoms with Gasteiger partial charge in [0.2, 0.25) is 0 Å². The summed E-state index contributed by atoms with van der Waals surface area (Å²) in [5.41, 5.74) is -0.919. The van der Waals surface area contributed by atoms with Crippen molar-refractivity contribution in [2.75, 3.05) is 10.6 Å². The van der Waals surface area contributed by atoms with Crippen molar-refractivity contribution in [2.24, 2.45) is 4.99 Å². The highest BCUT2D eigenvalue weighted by molar-refractivity contribution is 5.94. The second-order valence-corrected chi connectivity index (χ2v) is 5.75. The highest BCUT2D eigenvalue weighted by Crippen LogP contribution is 2.36. The van der Waals surface area contributed by atoms with Gasteiger partial charge in [0.05, 0.1) is 16.9 Å². The van der Waals surface area contributed by atoms with Crippen LogP contribution in [0.2, 0.25) is 0 Å². The average Bonchev–Trinajstić information content (AvgIpc) is 2.52. The first-order valence-corrected chi connectivity index (χ1v) is 7.78. The summed E-state index contributed by atoms with van der Waals surface area (Å²) in [5, 5.41) is 5.19. The Labute approximate surface area is 148 Å². The number of anilines is 2. The lowest BCUT2D eigenvalue weighted by atomic mass is 10.1. The molecule has 0 aliphatic carbocycles. The molecule has 0 saturated heterocycles. The van der Waals surface area contributed by atoms with Crippen LogP contribution in [0, 0.1) is 18.6 Å². The summed E-state index contributed by atoms with van der Waals surface area (Å²) in [6.07, 6.45) is -5.58. The van der Waals surface area contributed by atoms with Crippen molar-refractivity contribution < 1.29 is 22.0 Å². The normalized spacial score (nSPS) is 13.5. The molecule has 0 aromatic heterocycles. The third-order valence-electron chi connectivity index (χ3n) is 3.59. The zero-order valence-electron chi connectivity index (χ0n) is 14.4. The van der Waals surface area contributed by atoms with Crippen LogP contribution in [-0.4, -0.2) is 12.0 Å². The molecule has 0 amide bonds. The topological polar surface area (TPSA) is 36.4 Å². The molecule has 0 aliphatic rings. The summed E-state index contributed by atoms with van der Waals surface area (Å²) in [4.78, 5) is 4.11. The maximum atomic E-state index is 13.9. The Morgan fingerprint density at radius 1 is 1.00 bits per heavy atom. The fourth-order valence-corrected chi connectivity index (χ4v) is 2.44. The van der Waals surface area contributed by atoms with Crippen molar-refractivity contribution in [3.63, 3.8) is 0 Å². The van der Waals surface area contributed by atoms with Gasteiger partial charge in [-0.05, 0) is 44.5 Å². The number of alkyl halides is 3. The minimum Gasteiger partial charge on any atom is -0.361 e. The van der Waals surface area contributed by atoms with Crippen molar-refractivity contribution in [3.8, 4) is 0 Å². The molecule has 140 valence electrons. The van der Waals surface area contributed by atoms with E-state index < -0.39 is 35.2 Å². The molecule has 1 atom stereocenters. The van der Waals surface area contributed by atoms with Crippen LogP contribution in [0.1, 0.15) is 25.0 Å². The first-order valence-electron chi connectivity index (χ1n) is 7.78. The quantitative estimate of drug-likeness (QED) is 0.418. The van der Waals surface area contributed by atoms with Crippen LogP contribution in [0.4, 0.5) is 33.3 Å². The number of aryl methyl sites for hydroxylation is 1. The molecule has 0 heterocycles. The van der Waals surface area contributed by atoms with E-state index in [4.69, 9.17) is 0 Å². The summed E-state index contributed by atoms with van der Waals surface area (Å²) in [6, 6.07) is 7.25. The highest BCUT2D eigenvalue weighted by Gasteiger charge is 2.35. The van der Waals surface area contributed by atoms with E-state index >= 15 is 0 Å². The van der Waals surface area contributed by atoms with Crippen LogP contribution >= 0.6 is 0 Å². The van der Waals surface area contributed by atoms with Gasteiger partial charge in [-0.1, -0.05) is 18.2 Å². The summed E-state index contributed by atoms with van der Waals surface area (Å²) in [7, 11) is 0. The Bertz CT molecular complexity index is 795. The lowest BCUT2D eigenvalue weighted by molar-refractivity contribution is -0.137. The van der Waals surface area contributed by atoms with E-state index in [2.05, 4.69) is 15.6 Å². The van der Waals surface area contributed by atoms with Gasteiger partial charge in [-0.2, -0.15) is 13.2 Å². The number of benzene rings is 2. The number of amidine groups is 1. The molecule has 8 heteroatoms. The van der Waals surface area contributed by atoms with Gasteiger partial charge in [0.15, 0.2) is 0 Å². The van der Waals surface area contributed by atoms with Crippen LogP contribution in [0.5, 0.6) is 0 Å². The molecule has 0 aliphatic heterocycles. The molecule has 2 rings (SSSR count). The Morgan fingerprint density at radius 3 is 2.15 bits per heavy atom. The molecule has 2 aromatic carbocycles. The number of para-hydroxylation sites is 2. The lowest BCUT2D eigenvalue weighted by Crippen LogP contribution is -2.21. The van der Waals surface area contributed by atoms with Crippen molar-refractivity contribution in [3.05, 3.63) is 59.2 Å². The van der Waals surface area contributed by atoms with Crippen LogP contribution < -0.4 is 10.6 Å². The van der Waals surface area contributed by atoms with Gasteiger partial charge < -0.3 is 10.6 Å². The number of rotatable bonds is 4. The standard InChI is InChI=1S/C18H18F5N3/c1-10-6-4-8-14(19)16(10)25-11(2)24-12(3)26-17-13(18(21,22)23)7-5-9-15(17)20/h4-9,12,26H,1-3H3,(H,24,25). The van der Waals surface area contributed by atoms with Gasteiger partial charge in [-0.25, -0.2) is 13.8 Å². The summed E-state index contributed by atoms with van der Waals surface area (Å²) in [5.74, 6) is -1.24. The summed E-state index contributed by atoms with van der Waals surface area (Å²) in [6.45, 7) is 4.71. The molecule has 0 saturated carbocycles. The molecule has 0 spiro atoms. The van der Waals surface area contributed by atoms with Crippen LogP contribution in [-0.2, 0) is 6.18 Å².